The largest absolute Gasteiger partial charge is 0.458 e. The van der Waals surface area contributed by atoms with Gasteiger partial charge in [-0.2, -0.15) is 0 Å². The molecule has 0 amide bonds. The van der Waals surface area contributed by atoms with Gasteiger partial charge in [0.2, 0.25) is 6.79 Å². The summed E-state index contributed by atoms with van der Waals surface area (Å²) < 4.78 is 15.8. The van der Waals surface area contributed by atoms with Crippen molar-refractivity contribution in [1.82, 2.24) is 5.32 Å². The van der Waals surface area contributed by atoms with E-state index in [-0.39, 0.29) is 18.9 Å². The molecule has 1 unspecified atom stereocenters. The molecule has 5 heteroatoms. The van der Waals surface area contributed by atoms with E-state index in [0.717, 1.165) is 13.0 Å². The third kappa shape index (κ3) is 3.61. The van der Waals surface area contributed by atoms with Gasteiger partial charge in [0.15, 0.2) is 11.5 Å². The van der Waals surface area contributed by atoms with E-state index in [1.54, 1.807) is 18.2 Å². The van der Waals surface area contributed by atoms with E-state index in [1.165, 1.54) is 0 Å². The predicted molar refractivity (Wildman–Crippen MR) is 70.6 cm³/mol. The summed E-state index contributed by atoms with van der Waals surface area (Å²) in [5.41, 5.74) is 0.478. The van der Waals surface area contributed by atoms with Gasteiger partial charge in [-0.15, -0.1) is 0 Å². The minimum atomic E-state index is -0.343. The van der Waals surface area contributed by atoms with Crippen molar-refractivity contribution >= 4 is 5.97 Å². The molecule has 0 bridgehead atoms. The molecule has 1 atom stereocenters. The molecule has 0 saturated heterocycles. The van der Waals surface area contributed by atoms with Crippen molar-refractivity contribution in [3.8, 4) is 11.5 Å². The molecule has 1 heterocycles. The van der Waals surface area contributed by atoms with Crippen molar-refractivity contribution in [2.24, 2.45) is 0 Å². The first kappa shape index (κ1) is 13.7. The topological polar surface area (TPSA) is 56.8 Å². The summed E-state index contributed by atoms with van der Waals surface area (Å²) in [5, 5.41) is 3.21. The van der Waals surface area contributed by atoms with E-state index in [4.69, 9.17) is 14.2 Å². The van der Waals surface area contributed by atoms with Crippen LogP contribution < -0.4 is 14.8 Å². The quantitative estimate of drug-likeness (QED) is 0.629. The number of nitrogens with one attached hydrogen (secondary N) is 1. The van der Waals surface area contributed by atoms with E-state index < -0.39 is 0 Å². The van der Waals surface area contributed by atoms with Gasteiger partial charge in [-0.1, -0.05) is 6.92 Å². The maximum atomic E-state index is 11.9. The number of carbonyl (C=O) groups excluding carboxylic acids is 1. The maximum Gasteiger partial charge on any atom is 0.338 e. The number of benzene rings is 1. The Bertz CT molecular complexity index is 447. The number of esters is 1. The fourth-order valence-corrected chi connectivity index (χ4v) is 1.80. The molecule has 5 nitrogen and oxygen atoms in total. The third-order valence-electron chi connectivity index (χ3n) is 2.78. The highest BCUT2D eigenvalue weighted by Gasteiger charge is 2.18. The normalized spacial score (nSPS) is 14.2. The molecule has 0 aromatic heterocycles. The first-order valence-corrected chi connectivity index (χ1v) is 6.52. The second kappa shape index (κ2) is 6.43. The summed E-state index contributed by atoms with van der Waals surface area (Å²) >= 11 is 0. The van der Waals surface area contributed by atoms with Crippen LogP contribution in [0.3, 0.4) is 0 Å². The fraction of sp³-hybridized carbons (Fsp3) is 0.500. The lowest BCUT2D eigenvalue weighted by atomic mass is 10.2. The van der Waals surface area contributed by atoms with Crippen LogP contribution in [0.15, 0.2) is 18.2 Å². The average Bonchev–Trinajstić information content (AvgIpc) is 2.86. The van der Waals surface area contributed by atoms with Crippen LogP contribution >= 0.6 is 0 Å². The first-order valence-electron chi connectivity index (χ1n) is 6.52. The molecular formula is C14H19NO4. The number of fused-ring (bicyclic) bond motifs is 1. The van der Waals surface area contributed by atoms with E-state index in [2.05, 4.69) is 12.2 Å². The Kier molecular flexibility index (Phi) is 4.63. The summed E-state index contributed by atoms with van der Waals surface area (Å²) in [6, 6.07) is 5.05. The van der Waals surface area contributed by atoms with Crippen molar-refractivity contribution in [1.29, 1.82) is 0 Å². The van der Waals surface area contributed by atoms with E-state index in [1.807, 2.05) is 6.92 Å². The summed E-state index contributed by atoms with van der Waals surface area (Å²) in [4.78, 5) is 11.9. The molecule has 1 N–H and O–H groups in total. The van der Waals surface area contributed by atoms with Gasteiger partial charge in [0.05, 0.1) is 5.56 Å². The van der Waals surface area contributed by atoms with Crippen molar-refractivity contribution < 1.29 is 19.0 Å². The summed E-state index contributed by atoms with van der Waals surface area (Å²) in [6.07, 6.45) is 0.896. The van der Waals surface area contributed by atoms with Gasteiger partial charge >= 0.3 is 5.97 Å². The molecule has 1 aliphatic rings. The van der Waals surface area contributed by atoms with Crippen LogP contribution in [0.5, 0.6) is 11.5 Å². The monoisotopic (exact) mass is 265 g/mol. The Balaban J connectivity index is 1.89. The first-order chi connectivity index (χ1) is 9.20. The van der Waals surface area contributed by atoms with Gasteiger partial charge < -0.3 is 19.5 Å². The molecular weight excluding hydrogens is 246 g/mol. The lowest BCUT2D eigenvalue weighted by molar-refractivity contribution is 0.0342. The maximum absolute atomic E-state index is 11.9. The van der Waals surface area contributed by atoms with Crippen LogP contribution in [0.4, 0.5) is 0 Å². The molecule has 0 aliphatic carbocycles. The minimum Gasteiger partial charge on any atom is -0.458 e. The highest BCUT2D eigenvalue weighted by Crippen LogP contribution is 2.32. The molecule has 0 spiro atoms. The summed E-state index contributed by atoms with van der Waals surface area (Å²) in [7, 11) is 0. The van der Waals surface area contributed by atoms with E-state index >= 15 is 0 Å². The van der Waals surface area contributed by atoms with Crippen LogP contribution in [0.1, 0.15) is 30.6 Å². The van der Waals surface area contributed by atoms with Crippen LogP contribution in [-0.4, -0.2) is 32.0 Å². The van der Waals surface area contributed by atoms with Crippen molar-refractivity contribution in [3.63, 3.8) is 0 Å². The van der Waals surface area contributed by atoms with Crippen molar-refractivity contribution in [2.45, 2.75) is 26.4 Å². The average molecular weight is 265 g/mol. The molecule has 0 fully saturated rings. The number of ether oxygens (including phenoxy) is 3. The Morgan fingerprint density at radius 1 is 1.42 bits per heavy atom. The number of rotatable bonds is 6. The zero-order valence-corrected chi connectivity index (χ0v) is 11.3. The summed E-state index contributed by atoms with van der Waals surface area (Å²) in [6.45, 7) is 5.74. The minimum absolute atomic E-state index is 0.163. The van der Waals surface area contributed by atoms with Gasteiger partial charge in [0.1, 0.15) is 6.10 Å². The van der Waals surface area contributed by atoms with Gasteiger partial charge in [-0.3, -0.25) is 0 Å². The van der Waals surface area contributed by atoms with Crippen LogP contribution in [0.2, 0.25) is 0 Å². The molecule has 1 aromatic rings. The molecule has 104 valence electrons. The Morgan fingerprint density at radius 2 is 2.21 bits per heavy atom. The van der Waals surface area contributed by atoms with Crippen LogP contribution in [-0.2, 0) is 4.74 Å². The SMILES string of the molecule is CCCNCC(C)OC(=O)c1ccc2c(c1)OCO2. The lowest BCUT2D eigenvalue weighted by Gasteiger charge is -2.14. The third-order valence-corrected chi connectivity index (χ3v) is 2.78. The molecule has 1 aliphatic heterocycles. The van der Waals surface area contributed by atoms with Gasteiger partial charge in [0.25, 0.3) is 0 Å². The molecule has 0 radical (unpaired) electrons. The van der Waals surface area contributed by atoms with Crippen LogP contribution in [0, 0.1) is 0 Å². The number of hydrogen-bond donors (Lipinski definition) is 1. The fourth-order valence-electron chi connectivity index (χ4n) is 1.80. The Hall–Kier alpha value is -1.75. The number of carbonyl (C=O) groups is 1. The zero-order valence-electron chi connectivity index (χ0n) is 11.3. The second-order valence-electron chi connectivity index (χ2n) is 4.49. The Labute approximate surface area is 112 Å². The molecule has 1 aromatic carbocycles. The second-order valence-corrected chi connectivity index (χ2v) is 4.49. The predicted octanol–water partition coefficient (Wildman–Crippen LogP) is 1.96. The number of hydrogen-bond acceptors (Lipinski definition) is 5. The molecule has 0 saturated carbocycles. The smallest absolute Gasteiger partial charge is 0.338 e. The Morgan fingerprint density at radius 3 is 3.00 bits per heavy atom. The van der Waals surface area contributed by atoms with Crippen LogP contribution in [0.25, 0.3) is 0 Å². The van der Waals surface area contributed by atoms with Gasteiger partial charge in [0, 0.05) is 6.54 Å². The molecule has 19 heavy (non-hydrogen) atoms. The van der Waals surface area contributed by atoms with E-state index in [9.17, 15) is 4.79 Å². The standard InChI is InChI=1S/C14H19NO4/c1-3-6-15-8-10(2)19-14(16)11-4-5-12-13(7-11)18-9-17-12/h4-5,7,10,15H,3,6,8-9H2,1-2H3. The van der Waals surface area contributed by atoms with Crippen molar-refractivity contribution in [3.05, 3.63) is 23.8 Å². The molecule has 2 rings (SSSR count). The van der Waals surface area contributed by atoms with Gasteiger partial charge in [-0.25, -0.2) is 4.79 Å². The summed E-state index contributed by atoms with van der Waals surface area (Å²) in [5.74, 6) is 0.907. The van der Waals surface area contributed by atoms with Crippen molar-refractivity contribution in [2.75, 3.05) is 19.9 Å². The van der Waals surface area contributed by atoms with E-state index in [0.29, 0.717) is 23.6 Å². The zero-order chi connectivity index (χ0) is 13.7. The van der Waals surface area contributed by atoms with Gasteiger partial charge in [-0.05, 0) is 38.1 Å². The highest BCUT2D eigenvalue weighted by atomic mass is 16.7. The lowest BCUT2D eigenvalue weighted by Crippen LogP contribution is -2.29. The highest BCUT2D eigenvalue weighted by molar-refractivity contribution is 5.90.